The van der Waals surface area contributed by atoms with E-state index in [1.165, 1.54) is 4.57 Å². The Hall–Kier alpha value is -4.89. The molecule has 0 unspecified atom stereocenters. The minimum Gasteiger partial charge on any atom is -0.465 e. The molecule has 3 saturated heterocycles. The van der Waals surface area contributed by atoms with E-state index in [0.29, 0.717) is 69.3 Å². The Kier molecular flexibility index (Phi) is 13.1. The maximum Gasteiger partial charge on any atom is 0.419 e. The molecule has 3 aromatic rings. The number of hydrogen-bond donors (Lipinski definition) is 1. The van der Waals surface area contributed by atoms with Gasteiger partial charge in [0.2, 0.25) is 0 Å². The van der Waals surface area contributed by atoms with Crippen molar-refractivity contribution in [2.24, 2.45) is 13.0 Å². The maximum absolute atomic E-state index is 14.3. The average Bonchev–Trinajstić information content (AvgIpc) is 3.40. The first kappa shape index (κ1) is 41.3. The number of nitrogens with one attached hydrogen (secondary N) is 1. The van der Waals surface area contributed by atoms with Gasteiger partial charge in [0.05, 0.1) is 18.0 Å². The van der Waals surface area contributed by atoms with Crippen molar-refractivity contribution in [3.63, 3.8) is 0 Å². The number of nitrogens with zero attached hydrogens (tertiary/aromatic N) is 6. The van der Waals surface area contributed by atoms with Crippen LogP contribution in [0.5, 0.6) is 0 Å². The number of para-hydroxylation sites is 1. The van der Waals surface area contributed by atoms with Gasteiger partial charge in [0.15, 0.2) is 11.7 Å². The smallest absolute Gasteiger partial charge is 0.419 e. The minimum atomic E-state index is -1.08. The first-order valence-corrected chi connectivity index (χ1v) is 21.0. The number of ether oxygens (including phenoxy) is 2. The van der Waals surface area contributed by atoms with E-state index in [9.17, 15) is 24.0 Å². The van der Waals surface area contributed by atoms with Gasteiger partial charge in [0.1, 0.15) is 0 Å². The second-order valence-corrected chi connectivity index (χ2v) is 16.7. The summed E-state index contributed by atoms with van der Waals surface area (Å²) in [4.78, 5) is 76.2. The zero-order chi connectivity index (χ0) is 40.9. The number of fused-ring (bicyclic) bond motifs is 2. The lowest BCUT2D eigenvalue weighted by molar-refractivity contribution is -0.151. The van der Waals surface area contributed by atoms with Gasteiger partial charge >= 0.3 is 23.8 Å². The molecule has 15 heteroatoms. The summed E-state index contributed by atoms with van der Waals surface area (Å²) in [5.74, 6) is -0.881. The van der Waals surface area contributed by atoms with Crippen LogP contribution in [0.15, 0.2) is 45.6 Å². The number of aryl methyl sites for hydroxylation is 2. The fraction of sp³-hybridized carbons (Fsp3) is 0.605. The predicted octanol–water partition coefficient (Wildman–Crippen LogP) is 4.24. The van der Waals surface area contributed by atoms with Gasteiger partial charge < -0.3 is 43.7 Å². The third-order valence-corrected chi connectivity index (χ3v) is 12.5. The number of aromatic nitrogens is 1. The highest BCUT2D eigenvalue weighted by molar-refractivity contribution is 5.91. The van der Waals surface area contributed by atoms with Crippen molar-refractivity contribution in [2.45, 2.75) is 82.9 Å². The molecule has 1 aromatic heterocycles. The molecular weight excluding hydrogens is 743 g/mol. The number of urea groups is 1. The molecule has 0 saturated carbocycles. The lowest BCUT2D eigenvalue weighted by Crippen LogP contribution is -2.53. The van der Waals surface area contributed by atoms with E-state index in [1.807, 2.05) is 61.2 Å². The van der Waals surface area contributed by atoms with Crippen LogP contribution in [0.3, 0.4) is 0 Å². The minimum absolute atomic E-state index is 0.0231. The van der Waals surface area contributed by atoms with Crippen LogP contribution in [0.4, 0.5) is 15.3 Å². The molecule has 4 aliphatic heterocycles. The standard InChI is InChI=1S/C43H59N7O8/c1-29-26-30(27-36-38(29)46(4)42(54)57-36)28-37(58-43(55)49-22-15-34(16-23-49)50-24-12-31-8-5-6-9-35(31)44-41(50)53)39(51)48-20-13-33(14-21-48)47-18-10-32(11-19-47)40(52)56-25-7-17-45(2)3/h5-6,8-9,26-27,32-34,37H,7,10-25,28H2,1-4H3,(H,44,53)/t37-/m1/s1. The fourth-order valence-electron chi connectivity index (χ4n) is 9.21. The quantitative estimate of drug-likeness (QED) is 0.221. The topological polar surface area (TPSA) is 150 Å². The number of oxazole rings is 1. The molecule has 15 nitrogen and oxygen atoms in total. The Morgan fingerprint density at radius 1 is 0.897 bits per heavy atom. The zero-order valence-electron chi connectivity index (χ0n) is 34.5. The van der Waals surface area contributed by atoms with Crippen molar-refractivity contribution < 1.29 is 33.1 Å². The van der Waals surface area contributed by atoms with Gasteiger partial charge in [-0.25, -0.2) is 14.4 Å². The van der Waals surface area contributed by atoms with Crippen LogP contribution < -0.4 is 11.1 Å². The van der Waals surface area contributed by atoms with E-state index in [4.69, 9.17) is 13.9 Å². The number of carbonyl (C=O) groups is 4. The molecule has 314 valence electrons. The molecule has 1 atom stereocenters. The van der Waals surface area contributed by atoms with Crippen LogP contribution in [-0.2, 0) is 39.0 Å². The lowest BCUT2D eigenvalue weighted by atomic mass is 9.93. The van der Waals surface area contributed by atoms with E-state index in [-0.39, 0.29) is 36.3 Å². The van der Waals surface area contributed by atoms with Gasteiger partial charge in [0, 0.05) is 70.5 Å². The lowest BCUT2D eigenvalue weighted by Gasteiger charge is -2.42. The summed E-state index contributed by atoms with van der Waals surface area (Å²) >= 11 is 0. The van der Waals surface area contributed by atoms with E-state index in [2.05, 4.69) is 15.1 Å². The van der Waals surface area contributed by atoms with Crippen LogP contribution in [0.1, 0.15) is 61.6 Å². The SMILES string of the molecule is Cc1cc(C[C@@H](OC(=O)N2CCC(N3CCc4ccccc4NC3=O)CC2)C(=O)N2CCC(N3CCC(C(=O)OCCCN(C)C)CC3)CC2)cc2oc(=O)n(C)c12. The number of benzene rings is 2. The normalized spacial score (nSPS) is 19.5. The molecular formula is C43H59N7O8. The highest BCUT2D eigenvalue weighted by atomic mass is 16.6. The Morgan fingerprint density at radius 3 is 2.31 bits per heavy atom. The summed E-state index contributed by atoms with van der Waals surface area (Å²) in [7, 11) is 5.67. The van der Waals surface area contributed by atoms with Crippen LogP contribution in [-0.4, -0.2) is 144 Å². The molecule has 7 rings (SSSR count). The number of esters is 1. The predicted molar refractivity (Wildman–Crippen MR) is 219 cm³/mol. The molecule has 0 radical (unpaired) electrons. The second-order valence-electron chi connectivity index (χ2n) is 16.7. The first-order valence-electron chi connectivity index (χ1n) is 21.0. The number of likely N-dealkylation sites (tertiary alicyclic amines) is 3. The summed E-state index contributed by atoms with van der Waals surface area (Å²) in [6.07, 6.45) is 4.38. The summed E-state index contributed by atoms with van der Waals surface area (Å²) in [6.45, 7) is 7.32. The highest BCUT2D eigenvalue weighted by Crippen LogP contribution is 2.28. The van der Waals surface area contributed by atoms with Crippen molar-refractivity contribution in [3.05, 3.63) is 63.6 Å². The van der Waals surface area contributed by atoms with Crippen molar-refractivity contribution in [2.75, 3.05) is 78.4 Å². The zero-order valence-corrected chi connectivity index (χ0v) is 34.5. The van der Waals surface area contributed by atoms with Crippen LogP contribution >= 0.6 is 0 Å². The van der Waals surface area contributed by atoms with Crippen molar-refractivity contribution >= 4 is 40.8 Å². The van der Waals surface area contributed by atoms with Gasteiger partial charge in [-0.15, -0.1) is 0 Å². The van der Waals surface area contributed by atoms with Crippen molar-refractivity contribution in [3.8, 4) is 0 Å². The first-order chi connectivity index (χ1) is 27.9. The molecule has 4 aliphatic rings. The molecule has 3 fully saturated rings. The van der Waals surface area contributed by atoms with E-state index >= 15 is 0 Å². The van der Waals surface area contributed by atoms with Crippen LogP contribution in [0.2, 0.25) is 0 Å². The van der Waals surface area contributed by atoms with Crippen LogP contribution in [0, 0.1) is 12.8 Å². The fourth-order valence-corrected chi connectivity index (χ4v) is 9.21. The van der Waals surface area contributed by atoms with Crippen molar-refractivity contribution in [1.29, 1.82) is 0 Å². The molecule has 0 bridgehead atoms. The Labute approximate surface area is 340 Å². The summed E-state index contributed by atoms with van der Waals surface area (Å²) in [6, 6.07) is 11.7. The highest BCUT2D eigenvalue weighted by Gasteiger charge is 2.37. The number of carbonyl (C=O) groups excluding carboxylic acids is 4. The van der Waals surface area contributed by atoms with Gasteiger partial charge in [-0.1, -0.05) is 24.3 Å². The Balaban J connectivity index is 0.960. The summed E-state index contributed by atoms with van der Waals surface area (Å²) < 4.78 is 18.6. The second kappa shape index (κ2) is 18.4. The third-order valence-electron chi connectivity index (χ3n) is 12.5. The average molecular weight is 802 g/mol. The van der Waals surface area contributed by atoms with E-state index in [0.717, 1.165) is 80.5 Å². The summed E-state index contributed by atoms with van der Waals surface area (Å²) in [5, 5.41) is 3.05. The molecule has 2 aromatic carbocycles. The molecule has 1 N–H and O–H groups in total. The molecule has 0 aliphatic carbocycles. The third kappa shape index (κ3) is 9.52. The molecule has 58 heavy (non-hydrogen) atoms. The van der Waals surface area contributed by atoms with Gasteiger partial charge in [-0.2, -0.15) is 0 Å². The van der Waals surface area contributed by atoms with E-state index < -0.39 is 18.0 Å². The van der Waals surface area contributed by atoms with Gasteiger partial charge in [-0.3, -0.25) is 14.2 Å². The number of amides is 4. The molecule has 0 spiro atoms. The maximum atomic E-state index is 14.3. The van der Waals surface area contributed by atoms with Gasteiger partial charge in [0.25, 0.3) is 5.91 Å². The largest absolute Gasteiger partial charge is 0.465 e. The van der Waals surface area contributed by atoms with Crippen molar-refractivity contribution in [1.82, 2.24) is 29.1 Å². The number of piperidine rings is 3. The Bertz CT molecular complexity index is 2000. The number of hydrogen-bond acceptors (Lipinski definition) is 10. The van der Waals surface area contributed by atoms with E-state index in [1.54, 1.807) is 18.0 Å². The molecule has 5 heterocycles. The Morgan fingerprint density at radius 2 is 1.59 bits per heavy atom. The number of rotatable bonds is 11. The van der Waals surface area contributed by atoms with Gasteiger partial charge in [-0.05, 0) is 114 Å². The molecule has 4 amide bonds. The van der Waals surface area contributed by atoms with Crippen LogP contribution in [0.25, 0.3) is 11.1 Å². The monoisotopic (exact) mass is 801 g/mol. The number of anilines is 1. The summed E-state index contributed by atoms with van der Waals surface area (Å²) in [5.41, 5.74) is 4.60.